The normalized spacial score (nSPS) is 10.8. The molecule has 1 aromatic rings. The van der Waals surface area contributed by atoms with Crippen LogP contribution in [0.1, 0.15) is 37.8 Å². The van der Waals surface area contributed by atoms with Crippen molar-refractivity contribution in [2.45, 2.75) is 46.1 Å². The van der Waals surface area contributed by atoms with Gasteiger partial charge in [0.15, 0.2) is 0 Å². The summed E-state index contributed by atoms with van der Waals surface area (Å²) in [6.07, 6.45) is 2.10. The summed E-state index contributed by atoms with van der Waals surface area (Å²) in [6.45, 7) is 6.52. The third-order valence-electron chi connectivity index (χ3n) is 3.82. The van der Waals surface area contributed by atoms with Crippen LogP contribution >= 0.6 is 0 Å². The van der Waals surface area contributed by atoms with Crippen molar-refractivity contribution in [2.24, 2.45) is 0 Å². The van der Waals surface area contributed by atoms with Gasteiger partial charge in [-0.25, -0.2) is 0 Å². The molecule has 0 atom stereocenters. The van der Waals surface area contributed by atoms with E-state index in [4.69, 9.17) is 4.74 Å². The van der Waals surface area contributed by atoms with Crippen molar-refractivity contribution in [3.8, 4) is 5.75 Å². The van der Waals surface area contributed by atoms with Gasteiger partial charge in [0.25, 0.3) is 0 Å². The molecule has 21 heavy (non-hydrogen) atoms. The molecule has 0 saturated heterocycles. The highest BCUT2D eigenvalue weighted by Crippen LogP contribution is 2.21. The van der Waals surface area contributed by atoms with Gasteiger partial charge in [-0.3, -0.25) is 4.79 Å². The van der Waals surface area contributed by atoms with Gasteiger partial charge in [0.2, 0.25) is 5.91 Å². The van der Waals surface area contributed by atoms with Gasteiger partial charge in [-0.2, -0.15) is 0 Å². The Morgan fingerprint density at radius 3 is 2.52 bits per heavy atom. The second-order valence-electron chi connectivity index (χ2n) is 5.27. The van der Waals surface area contributed by atoms with Gasteiger partial charge in [-0.1, -0.05) is 31.5 Å². The molecule has 4 heteroatoms. The fourth-order valence-electron chi connectivity index (χ4n) is 2.66. The van der Waals surface area contributed by atoms with Gasteiger partial charge < -0.3 is 14.7 Å². The number of ether oxygens (including phenoxy) is 1. The highest BCUT2D eigenvalue weighted by molar-refractivity contribution is 5.80. The largest absolute Gasteiger partial charge is 0.496 e. The standard InChI is InChI=1S/C17H27NO3/c1-5-15(6-2)18(9-10-19)17(20)12-14-11-13(3)7-8-16(14)21-4/h7-8,11,15,19H,5-6,9-10,12H2,1-4H3. The number of carbonyl (C=O) groups is 1. The topological polar surface area (TPSA) is 49.8 Å². The highest BCUT2D eigenvalue weighted by atomic mass is 16.5. The maximum atomic E-state index is 12.6. The van der Waals surface area contributed by atoms with Crippen LogP contribution in [0.25, 0.3) is 0 Å². The molecule has 0 saturated carbocycles. The Kier molecular flexibility index (Phi) is 7.23. The van der Waals surface area contributed by atoms with Crippen LogP contribution in [-0.2, 0) is 11.2 Å². The van der Waals surface area contributed by atoms with Crippen LogP contribution in [-0.4, -0.2) is 42.2 Å². The maximum Gasteiger partial charge on any atom is 0.227 e. The SMILES string of the molecule is CCC(CC)N(CCO)C(=O)Cc1cc(C)ccc1OC. The molecule has 1 aromatic carbocycles. The number of aliphatic hydroxyl groups excluding tert-OH is 1. The lowest BCUT2D eigenvalue weighted by atomic mass is 10.0. The first kappa shape index (κ1) is 17.5. The van der Waals surface area contributed by atoms with Crippen LogP contribution in [0.15, 0.2) is 18.2 Å². The summed E-state index contributed by atoms with van der Waals surface area (Å²) in [5.74, 6) is 0.782. The van der Waals surface area contributed by atoms with Gasteiger partial charge >= 0.3 is 0 Å². The van der Waals surface area contributed by atoms with Gasteiger partial charge in [0, 0.05) is 18.2 Å². The van der Waals surface area contributed by atoms with Gasteiger partial charge in [0.05, 0.1) is 20.1 Å². The zero-order valence-corrected chi connectivity index (χ0v) is 13.6. The predicted octanol–water partition coefficient (Wildman–Crippen LogP) is 2.56. The number of amides is 1. The summed E-state index contributed by atoms with van der Waals surface area (Å²) in [4.78, 5) is 14.4. The number of methoxy groups -OCH3 is 1. The first-order valence-electron chi connectivity index (χ1n) is 7.61. The lowest BCUT2D eigenvalue weighted by molar-refractivity contribution is -0.133. The number of rotatable bonds is 8. The van der Waals surface area contributed by atoms with E-state index in [1.54, 1.807) is 12.0 Å². The summed E-state index contributed by atoms with van der Waals surface area (Å²) in [7, 11) is 1.62. The highest BCUT2D eigenvalue weighted by Gasteiger charge is 2.21. The molecule has 0 aliphatic carbocycles. The van der Waals surface area contributed by atoms with E-state index < -0.39 is 0 Å². The predicted molar refractivity (Wildman–Crippen MR) is 84.6 cm³/mol. The molecule has 4 nitrogen and oxygen atoms in total. The van der Waals surface area contributed by atoms with Crippen LogP contribution in [0.5, 0.6) is 5.75 Å². The van der Waals surface area contributed by atoms with Crippen LogP contribution in [0.2, 0.25) is 0 Å². The van der Waals surface area contributed by atoms with E-state index in [0.717, 1.165) is 29.7 Å². The second kappa shape index (κ2) is 8.67. The zero-order valence-electron chi connectivity index (χ0n) is 13.6. The van der Waals surface area contributed by atoms with Crippen LogP contribution in [0.3, 0.4) is 0 Å². The first-order chi connectivity index (χ1) is 10.1. The Morgan fingerprint density at radius 2 is 2.00 bits per heavy atom. The average molecular weight is 293 g/mol. The minimum atomic E-state index is -0.00675. The molecule has 0 radical (unpaired) electrons. The maximum absolute atomic E-state index is 12.6. The molecular weight excluding hydrogens is 266 g/mol. The number of hydrogen-bond donors (Lipinski definition) is 1. The number of hydrogen-bond acceptors (Lipinski definition) is 3. The Labute approximate surface area is 127 Å². The Bertz CT molecular complexity index is 455. The molecule has 1 amide bonds. The molecular formula is C17H27NO3. The minimum absolute atomic E-state index is 0.00675. The molecule has 0 spiro atoms. The van der Waals surface area contributed by atoms with Crippen LogP contribution in [0.4, 0.5) is 0 Å². The van der Waals surface area contributed by atoms with Crippen LogP contribution < -0.4 is 4.74 Å². The number of aliphatic hydroxyl groups is 1. The number of nitrogens with zero attached hydrogens (tertiary/aromatic N) is 1. The van der Waals surface area contributed by atoms with Crippen molar-refractivity contribution in [1.82, 2.24) is 4.90 Å². The fraction of sp³-hybridized carbons (Fsp3) is 0.588. The van der Waals surface area contributed by atoms with Crippen molar-refractivity contribution in [1.29, 1.82) is 0 Å². The minimum Gasteiger partial charge on any atom is -0.496 e. The molecule has 1 rings (SSSR count). The second-order valence-corrected chi connectivity index (χ2v) is 5.27. The summed E-state index contributed by atoms with van der Waals surface area (Å²) < 4.78 is 5.33. The van der Waals surface area contributed by atoms with E-state index in [2.05, 4.69) is 13.8 Å². The molecule has 1 N–H and O–H groups in total. The molecule has 0 bridgehead atoms. The molecule has 0 heterocycles. The lowest BCUT2D eigenvalue weighted by Gasteiger charge is -2.30. The molecule has 0 unspecified atom stereocenters. The monoisotopic (exact) mass is 293 g/mol. The Balaban J connectivity index is 2.93. The first-order valence-corrected chi connectivity index (χ1v) is 7.61. The van der Waals surface area contributed by atoms with Gasteiger partial charge in [-0.05, 0) is 25.8 Å². The zero-order chi connectivity index (χ0) is 15.8. The quantitative estimate of drug-likeness (QED) is 0.801. The van der Waals surface area contributed by atoms with E-state index in [0.29, 0.717) is 13.0 Å². The Hall–Kier alpha value is -1.55. The summed E-state index contributed by atoms with van der Waals surface area (Å²) in [5, 5.41) is 9.22. The van der Waals surface area contributed by atoms with E-state index in [1.165, 1.54) is 0 Å². The smallest absolute Gasteiger partial charge is 0.227 e. The third-order valence-corrected chi connectivity index (χ3v) is 3.82. The Morgan fingerprint density at radius 1 is 1.33 bits per heavy atom. The number of aryl methyl sites for hydroxylation is 1. The third kappa shape index (κ3) is 4.74. The van der Waals surface area contributed by atoms with Gasteiger partial charge in [0.1, 0.15) is 5.75 Å². The van der Waals surface area contributed by atoms with Crippen molar-refractivity contribution in [3.05, 3.63) is 29.3 Å². The summed E-state index contributed by atoms with van der Waals surface area (Å²) in [6, 6.07) is 6.03. The fourth-order valence-corrected chi connectivity index (χ4v) is 2.66. The van der Waals surface area contributed by atoms with Crippen molar-refractivity contribution in [2.75, 3.05) is 20.3 Å². The molecule has 0 aromatic heterocycles. The summed E-state index contributed by atoms with van der Waals surface area (Å²) in [5.41, 5.74) is 2.01. The number of carbonyl (C=O) groups excluding carboxylic acids is 1. The van der Waals surface area contributed by atoms with Crippen molar-refractivity contribution in [3.63, 3.8) is 0 Å². The van der Waals surface area contributed by atoms with E-state index >= 15 is 0 Å². The van der Waals surface area contributed by atoms with E-state index in [-0.39, 0.29) is 18.6 Å². The lowest BCUT2D eigenvalue weighted by Crippen LogP contribution is -2.42. The average Bonchev–Trinajstić information content (AvgIpc) is 2.47. The van der Waals surface area contributed by atoms with Crippen molar-refractivity contribution < 1.29 is 14.6 Å². The van der Waals surface area contributed by atoms with Crippen LogP contribution in [0, 0.1) is 6.92 Å². The van der Waals surface area contributed by atoms with Gasteiger partial charge in [-0.15, -0.1) is 0 Å². The summed E-state index contributed by atoms with van der Waals surface area (Å²) >= 11 is 0. The van der Waals surface area contributed by atoms with E-state index in [9.17, 15) is 9.90 Å². The molecule has 0 fully saturated rings. The molecule has 118 valence electrons. The molecule has 0 aliphatic heterocycles. The number of benzene rings is 1. The van der Waals surface area contributed by atoms with Crippen molar-refractivity contribution >= 4 is 5.91 Å². The van der Waals surface area contributed by atoms with E-state index in [1.807, 2.05) is 25.1 Å². The molecule has 0 aliphatic rings.